The molecule has 7 aromatic rings. The molecule has 0 nitrogen and oxygen atoms in total. The van der Waals surface area contributed by atoms with Crippen LogP contribution in [-0.4, -0.2) is 0 Å². The van der Waals surface area contributed by atoms with Gasteiger partial charge in [-0.05, 0) is 88.0 Å². The third kappa shape index (κ3) is 7.71. The molecule has 0 fully saturated rings. The Balaban J connectivity index is 1.17. The molecular weight excluding hydrogens is 577 g/mol. The molecule has 0 heterocycles. The van der Waals surface area contributed by atoms with Gasteiger partial charge in [-0.1, -0.05) is 163 Å². The van der Waals surface area contributed by atoms with Crippen LogP contribution in [0.15, 0.2) is 182 Å². The minimum atomic E-state index is 0.872. The lowest BCUT2D eigenvalue weighted by molar-refractivity contribution is 1.54. The molecule has 0 unspecified atom stereocenters. The van der Waals surface area contributed by atoms with Crippen LogP contribution >= 0.6 is 0 Å². The van der Waals surface area contributed by atoms with Crippen LogP contribution in [0.3, 0.4) is 0 Å². The Kier molecular flexibility index (Phi) is 9.06. The topological polar surface area (TPSA) is 0 Å². The Bertz CT molecular complexity index is 2040. The van der Waals surface area contributed by atoms with Crippen molar-refractivity contribution >= 4 is 0 Å². The van der Waals surface area contributed by atoms with Gasteiger partial charge in [-0.3, -0.25) is 0 Å². The summed E-state index contributed by atoms with van der Waals surface area (Å²) < 4.78 is 0. The van der Waals surface area contributed by atoms with E-state index in [4.69, 9.17) is 0 Å². The number of hydrogen-bond donors (Lipinski definition) is 0. The standard InChI is InChI=1S/C48H30/c1-4-10-43(11-5-1)46-28-22-37(23-29-46)16-19-40-34-41(20-17-38-24-30-47(31-25-38)44-12-6-2-7-13-44)36-42(35-40)21-18-39-26-32-48(33-27-39)45-14-8-3-9-15-45/h1-15,22-36H. The summed E-state index contributed by atoms with van der Waals surface area (Å²) in [6.07, 6.45) is 0. The molecule has 0 aliphatic rings. The Labute approximate surface area is 283 Å². The molecule has 7 aromatic carbocycles. The van der Waals surface area contributed by atoms with Crippen molar-refractivity contribution in [3.8, 4) is 68.9 Å². The first-order valence-electron chi connectivity index (χ1n) is 15.9. The van der Waals surface area contributed by atoms with E-state index in [9.17, 15) is 0 Å². The molecule has 0 heteroatoms. The van der Waals surface area contributed by atoms with Crippen LogP contribution in [0.2, 0.25) is 0 Å². The molecule has 222 valence electrons. The Morgan fingerprint density at radius 2 is 0.396 bits per heavy atom. The minimum absolute atomic E-state index is 0.872. The maximum absolute atomic E-state index is 3.36. The van der Waals surface area contributed by atoms with Crippen molar-refractivity contribution in [2.75, 3.05) is 0 Å². The highest BCUT2D eigenvalue weighted by atomic mass is 14.0. The summed E-state index contributed by atoms with van der Waals surface area (Å²) in [7, 11) is 0. The van der Waals surface area contributed by atoms with Crippen LogP contribution in [0.5, 0.6) is 0 Å². The summed E-state index contributed by atoms with van der Waals surface area (Å²) in [5.74, 6) is 20.1. The van der Waals surface area contributed by atoms with Crippen LogP contribution in [0.25, 0.3) is 33.4 Å². The molecule has 0 amide bonds. The molecule has 0 saturated carbocycles. The van der Waals surface area contributed by atoms with Crippen molar-refractivity contribution in [3.63, 3.8) is 0 Å². The van der Waals surface area contributed by atoms with Gasteiger partial charge in [0.05, 0.1) is 0 Å². The lowest BCUT2D eigenvalue weighted by atomic mass is 10.0. The fourth-order valence-electron chi connectivity index (χ4n) is 5.41. The van der Waals surface area contributed by atoms with Gasteiger partial charge >= 0.3 is 0 Å². The van der Waals surface area contributed by atoms with E-state index in [0.717, 1.165) is 33.4 Å². The molecule has 0 radical (unpaired) electrons. The monoisotopic (exact) mass is 606 g/mol. The van der Waals surface area contributed by atoms with Gasteiger partial charge in [-0.15, -0.1) is 0 Å². The zero-order chi connectivity index (χ0) is 32.4. The number of benzene rings is 7. The fraction of sp³-hybridized carbons (Fsp3) is 0. The molecule has 0 bridgehead atoms. The van der Waals surface area contributed by atoms with Gasteiger partial charge < -0.3 is 0 Å². The average molecular weight is 607 g/mol. The quantitative estimate of drug-likeness (QED) is 0.176. The zero-order valence-corrected chi connectivity index (χ0v) is 26.3. The van der Waals surface area contributed by atoms with Crippen molar-refractivity contribution < 1.29 is 0 Å². The summed E-state index contributed by atoms with van der Waals surface area (Å²) >= 11 is 0. The highest BCUT2D eigenvalue weighted by Gasteiger charge is 2.01. The summed E-state index contributed by atoms with van der Waals surface area (Å²) in [4.78, 5) is 0. The second-order valence-corrected chi connectivity index (χ2v) is 11.4. The highest BCUT2D eigenvalue weighted by molar-refractivity contribution is 5.67. The van der Waals surface area contributed by atoms with E-state index in [0.29, 0.717) is 0 Å². The Morgan fingerprint density at radius 3 is 0.646 bits per heavy atom. The molecule has 48 heavy (non-hydrogen) atoms. The van der Waals surface area contributed by atoms with E-state index in [1.165, 1.54) is 33.4 Å². The van der Waals surface area contributed by atoms with Gasteiger partial charge in [0.15, 0.2) is 0 Å². The normalized spacial score (nSPS) is 10.0. The molecule has 7 rings (SSSR count). The summed E-state index contributed by atoms with van der Waals surface area (Å²) in [5, 5.41) is 0. The molecule has 0 atom stereocenters. The van der Waals surface area contributed by atoms with Gasteiger partial charge in [0, 0.05) is 33.4 Å². The molecule has 0 aromatic heterocycles. The predicted octanol–water partition coefficient (Wildman–Crippen LogP) is 10.9. The fourth-order valence-corrected chi connectivity index (χ4v) is 5.41. The van der Waals surface area contributed by atoms with E-state index in [1.54, 1.807) is 0 Å². The molecule has 0 aliphatic heterocycles. The van der Waals surface area contributed by atoms with Gasteiger partial charge in [0.2, 0.25) is 0 Å². The van der Waals surface area contributed by atoms with Crippen molar-refractivity contribution in [2.24, 2.45) is 0 Å². The lowest BCUT2D eigenvalue weighted by Crippen LogP contribution is -1.86. The predicted molar refractivity (Wildman–Crippen MR) is 200 cm³/mol. The van der Waals surface area contributed by atoms with Gasteiger partial charge in [-0.2, -0.15) is 0 Å². The zero-order valence-electron chi connectivity index (χ0n) is 26.3. The smallest absolute Gasteiger partial charge is 0.0273 e. The van der Waals surface area contributed by atoms with Crippen molar-refractivity contribution in [1.29, 1.82) is 0 Å². The molecule has 0 N–H and O–H groups in total. The van der Waals surface area contributed by atoms with Crippen LogP contribution in [-0.2, 0) is 0 Å². The Morgan fingerprint density at radius 1 is 0.188 bits per heavy atom. The van der Waals surface area contributed by atoms with E-state index in [-0.39, 0.29) is 0 Å². The largest absolute Gasteiger partial charge is 0.0622 e. The maximum Gasteiger partial charge on any atom is 0.0273 e. The third-order valence-corrected chi connectivity index (χ3v) is 7.96. The summed E-state index contributed by atoms with van der Waals surface area (Å²) in [6.45, 7) is 0. The highest BCUT2D eigenvalue weighted by Crippen LogP contribution is 2.21. The van der Waals surface area contributed by atoms with Gasteiger partial charge in [0.25, 0.3) is 0 Å². The van der Waals surface area contributed by atoms with Gasteiger partial charge in [0.1, 0.15) is 0 Å². The minimum Gasteiger partial charge on any atom is -0.0622 e. The van der Waals surface area contributed by atoms with E-state index < -0.39 is 0 Å². The summed E-state index contributed by atoms with van der Waals surface area (Å²) in [6, 6.07) is 62.3. The van der Waals surface area contributed by atoms with Crippen molar-refractivity contribution in [2.45, 2.75) is 0 Å². The molecular formula is C48H30. The van der Waals surface area contributed by atoms with E-state index in [2.05, 4.69) is 181 Å². The van der Waals surface area contributed by atoms with E-state index in [1.807, 2.05) is 36.4 Å². The van der Waals surface area contributed by atoms with Crippen LogP contribution in [0, 0.1) is 35.5 Å². The molecule has 0 saturated heterocycles. The second-order valence-electron chi connectivity index (χ2n) is 11.4. The summed E-state index contributed by atoms with van der Waals surface area (Å²) in [5.41, 5.74) is 12.6. The number of rotatable bonds is 3. The average Bonchev–Trinajstić information content (AvgIpc) is 3.17. The van der Waals surface area contributed by atoms with Crippen LogP contribution in [0.1, 0.15) is 33.4 Å². The first kappa shape index (κ1) is 29.9. The van der Waals surface area contributed by atoms with Crippen LogP contribution in [0.4, 0.5) is 0 Å². The molecule has 0 aliphatic carbocycles. The number of hydrogen-bond acceptors (Lipinski definition) is 0. The van der Waals surface area contributed by atoms with E-state index >= 15 is 0 Å². The lowest BCUT2D eigenvalue weighted by Gasteiger charge is -2.02. The maximum atomic E-state index is 3.36. The SMILES string of the molecule is C(#Cc1cc(C#Cc2ccc(-c3ccccc3)cc2)cc(C#Cc2ccc(-c3ccccc3)cc2)c1)c1ccc(-c2ccccc2)cc1. The first-order valence-corrected chi connectivity index (χ1v) is 15.9. The third-order valence-electron chi connectivity index (χ3n) is 7.96. The van der Waals surface area contributed by atoms with Crippen molar-refractivity contribution in [1.82, 2.24) is 0 Å². The van der Waals surface area contributed by atoms with Crippen LogP contribution < -0.4 is 0 Å². The Hall–Kier alpha value is -6.78. The van der Waals surface area contributed by atoms with Gasteiger partial charge in [-0.25, -0.2) is 0 Å². The molecule has 0 spiro atoms. The second kappa shape index (κ2) is 14.5. The van der Waals surface area contributed by atoms with Crippen molar-refractivity contribution in [3.05, 3.63) is 215 Å². The first-order chi connectivity index (χ1) is 23.7.